The predicted octanol–water partition coefficient (Wildman–Crippen LogP) is 3.87. The van der Waals surface area contributed by atoms with Crippen LogP contribution in [0.25, 0.3) is 0 Å². The van der Waals surface area contributed by atoms with Crippen LogP contribution >= 0.6 is 11.6 Å². The highest BCUT2D eigenvalue weighted by Gasteiger charge is 2.38. The van der Waals surface area contributed by atoms with Gasteiger partial charge < -0.3 is 5.32 Å². The molecule has 2 rings (SSSR count). The van der Waals surface area contributed by atoms with Crippen molar-refractivity contribution in [2.45, 2.75) is 51.1 Å². The topological polar surface area (TPSA) is 15.3 Å². The van der Waals surface area contributed by atoms with Crippen molar-refractivity contribution in [2.75, 3.05) is 20.1 Å². The molecule has 0 aromatic heterocycles. The normalized spacial score (nSPS) is 20.4. The summed E-state index contributed by atoms with van der Waals surface area (Å²) in [6, 6.07) is 4.88. The second-order valence-electron chi connectivity index (χ2n) is 6.19. The zero-order valence-electron chi connectivity index (χ0n) is 13.3. The fraction of sp³-hybridized carbons (Fsp3) is 0.647. The van der Waals surface area contributed by atoms with Crippen LogP contribution in [0.15, 0.2) is 18.2 Å². The molecule has 21 heavy (non-hydrogen) atoms. The largest absolute Gasteiger partial charge is 0.315 e. The minimum Gasteiger partial charge on any atom is -0.315 e. The van der Waals surface area contributed by atoms with Crippen LogP contribution in [0.1, 0.15) is 38.7 Å². The second-order valence-corrected chi connectivity index (χ2v) is 6.59. The van der Waals surface area contributed by atoms with Gasteiger partial charge in [0, 0.05) is 16.6 Å². The smallest absolute Gasteiger partial charge is 0.123 e. The van der Waals surface area contributed by atoms with E-state index in [4.69, 9.17) is 11.6 Å². The summed E-state index contributed by atoms with van der Waals surface area (Å²) in [7, 11) is 1.99. The third-order valence-corrected chi connectivity index (χ3v) is 5.44. The predicted molar refractivity (Wildman–Crippen MR) is 87.5 cm³/mol. The lowest BCUT2D eigenvalue weighted by Gasteiger charge is -2.44. The van der Waals surface area contributed by atoms with Crippen LogP contribution in [0, 0.1) is 5.82 Å². The first-order chi connectivity index (χ1) is 10.0. The lowest BCUT2D eigenvalue weighted by molar-refractivity contribution is 0.0873. The van der Waals surface area contributed by atoms with Gasteiger partial charge in [-0.2, -0.15) is 0 Å². The summed E-state index contributed by atoms with van der Waals surface area (Å²) in [5.41, 5.74) is 0.954. The second kappa shape index (κ2) is 7.08. The molecule has 0 amide bonds. The fourth-order valence-electron chi connectivity index (χ4n) is 3.47. The molecule has 118 valence electrons. The number of rotatable bonds is 6. The summed E-state index contributed by atoms with van der Waals surface area (Å²) in [6.07, 6.45) is 4.35. The van der Waals surface area contributed by atoms with Crippen molar-refractivity contribution in [3.05, 3.63) is 34.6 Å². The molecule has 1 saturated heterocycles. The average Bonchev–Trinajstić information content (AvgIpc) is 3.02. The summed E-state index contributed by atoms with van der Waals surface area (Å²) in [5, 5.41) is 4.09. The van der Waals surface area contributed by atoms with Gasteiger partial charge in [-0.3, -0.25) is 4.90 Å². The van der Waals surface area contributed by atoms with Crippen LogP contribution < -0.4 is 5.32 Å². The van der Waals surface area contributed by atoms with Gasteiger partial charge in [0.05, 0.1) is 0 Å². The van der Waals surface area contributed by atoms with Gasteiger partial charge in [-0.1, -0.05) is 18.5 Å². The van der Waals surface area contributed by atoms with E-state index in [1.165, 1.54) is 18.9 Å². The van der Waals surface area contributed by atoms with Gasteiger partial charge in [0.15, 0.2) is 0 Å². The first-order valence-corrected chi connectivity index (χ1v) is 8.25. The average molecular weight is 313 g/mol. The molecule has 1 heterocycles. The van der Waals surface area contributed by atoms with Crippen LogP contribution in [0.4, 0.5) is 4.39 Å². The van der Waals surface area contributed by atoms with E-state index in [1.54, 1.807) is 12.1 Å². The number of likely N-dealkylation sites (N-methyl/N-ethyl adjacent to an activating group) is 1. The molecule has 2 nitrogen and oxygen atoms in total. The minimum atomic E-state index is -0.219. The van der Waals surface area contributed by atoms with Crippen molar-refractivity contribution in [3.63, 3.8) is 0 Å². The zero-order valence-corrected chi connectivity index (χ0v) is 14.0. The summed E-state index contributed by atoms with van der Waals surface area (Å²) in [5.74, 6) is -0.219. The highest BCUT2D eigenvalue weighted by atomic mass is 35.5. The lowest BCUT2D eigenvalue weighted by Crippen LogP contribution is -2.58. The summed E-state index contributed by atoms with van der Waals surface area (Å²) in [6.45, 7) is 6.85. The first kappa shape index (κ1) is 16.7. The molecule has 0 spiro atoms. The molecule has 0 saturated carbocycles. The molecule has 1 fully saturated rings. The summed E-state index contributed by atoms with van der Waals surface area (Å²) < 4.78 is 13.5. The number of halogens is 2. The van der Waals surface area contributed by atoms with Gasteiger partial charge in [0.1, 0.15) is 5.82 Å². The van der Waals surface area contributed by atoms with Crippen LogP contribution in [-0.4, -0.2) is 36.6 Å². The van der Waals surface area contributed by atoms with E-state index < -0.39 is 0 Å². The molecule has 4 heteroatoms. The number of nitrogens with zero attached hydrogens (tertiary/aromatic N) is 1. The highest BCUT2D eigenvalue weighted by Crippen LogP contribution is 2.31. The van der Waals surface area contributed by atoms with E-state index in [0.717, 1.165) is 31.5 Å². The molecular weight excluding hydrogens is 287 g/mol. The van der Waals surface area contributed by atoms with Crippen LogP contribution in [0.5, 0.6) is 0 Å². The van der Waals surface area contributed by atoms with E-state index in [2.05, 4.69) is 24.1 Å². The van der Waals surface area contributed by atoms with Gasteiger partial charge in [0.2, 0.25) is 0 Å². The molecule has 1 aromatic carbocycles. The zero-order chi connectivity index (χ0) is 15.5. The Hall–Kier alpha value is -0.640. The van der Waals surface area contributed by atoms with Crippen LogP contribution in [0.3, 0.4) is 0 Å². The Morgan fingerprint density at radius 3 is 2.62 bits per heavy atom. The van der Waals surface area contributed by atoms with Gasteiger partial charge in [-0.05, 0) is 76.5 Å². The quantitative estimate of drug-likeness (QED) is 0.857. The van der Waals surface area contributed by atoms with E-state index in [1.807, 2.05) is 7.05 Å². The van der Waals surface area contributed by atoms with E-state index >= 15 is 0 Å². The molecule has 1 N–H and O–H groups in total. The maximum atomic E-state index is 13.5. The maximum absolute atomic E-state index is 13.5. The van der Waals surface area contributed by atoms with Gasteiger partial charge >= 0.3 is 0 Å². The molecule has 1 aromatic rings. The van der Waals surface area contributed by atoms with Crippen molar-refractivity contribution in [3.8, 4) is 0 Å². The molecule has 1 aliphatic heterocycles. The Kier molecular flexibility index (Phi) is 5.64. The summed E-state index contributed by atoms with van der Waals surface area (Å²) >= 11 is 6.24. The van der Waals surface area contributed by atoms with Crippen molar-refractivity contribution < 1.29 is 4.39 Å². The highest BCUT2D eigenvalue weighted by molar-refractivity contribution is 6.31. The van der Waals surface area contributed by atoms with Gasteiger partial charge in [-0.25, -0.2) is 4.39 Å². The molecular formula is C17H26ClFN2. The van der Waals surface area contributed by atoms with Crippen molar-refractivity contribution in [1.29, 1.82) is 0 Å². The Balaban J connectivity index is 2.22. The summed E-state index contributed by atoms with van der Waals surface area (Å²) in [4.78, 5) is 2.57. The van der Waals surface area contributed by atoms with Gasteiger partial charge in [0.25, 0.3) is 0 Å². The molecule has 0 bridgehead atoms. The first-order valence-electron chi connectivity index (χ1n) is 7.87. The third kappa shape index (κ3) is 3.58. The molecule has 2 atom stereocenters. The number of benzene rings is 1. The molecule has 2 unspecified atom stereocenters. The Morgan fingerprint density at radius 2 is 2.05 bits per heavy atom. The molecule has 0 radical (unpaired) electrons. The Labute approximate surface area is 132 Å². The minimum absolute atomic E-state index is 0.0703. The Bertz CT molecular complexity index is 474. The van der Waals surface area contributed by atoms with Crippen molar-refractivity contribution in [1.82, 2.24) is 10.2 Å². The SMILES string of the molecule is CCC(C)(C(Cc1cc(F)ccc1Cl)NC)N1CCCC1. The lowest BCUT2D eigenvalue weighted by atomic mass is 9.83. The number of likely N-dealkylation sites (tertiary alicyclic amines) is 1. The molecule has 0 aliphatic carbocycles. The number of hydrogen-bond donors (Lipinski definition) is 1. The third-order valence-electron chi connectivity index (χ3n) is 5.08. The van der Waals surface area contributed by atoms with Crippen LogP contribution in [-0.2, 0) is 6.42 Å². The van der Waals surface area contributed by atoms with Crippen molar-refractivity contribution >= 4 is 11.6 Å². The number of nitrogens with one attached hydrogen (secondary N) is 1. The Morgan fingerprint density at radius 1 is 1.38 bits per heavy atom. The monoisotopic (exact) mass is 312 g/mol. The van der Waals surface area contributed by atoms with Gasteiger partial charge in [-0.15, -0.1) is 0 Å². The standard InChI is InChI=1S/C17H26ClFN2/c1-4-17(2,21-9-5-6-10-21)16(20-3)12-13-11-14(19)7-8-15(13)18/h7-8,11,16,20H,4-6,9-10,12H2,1-3H3. The molecule has 1 aliphatic rings. The van der Waals surface area contributed by atoms with Crippen LogP contribution in [0.2, 0.25) is 5.02 Å². The maximum Gasteiger partial charge on any atom is 0.123 e. The van der Waals surface area contributed by atoms with Crippen molar-refractivity contribution in [2.24, 2.45) is 0 Å². The van der Waals surface area contributed by atoms with E-state index in [0.29, 0.717) is 5.02 Å². The number of hydrogen-bond acceptors (Lipinski definition) is 2. The van der Waals surface area contributed by atoms with E-state index in [9.17, 15) is 4.39 Å². The van der Waals surface area contributed by atoms with E-state index in [-0.39, 0.29) is 17.4 Å². The fourth-order valence-corrected chi connectivity index (χ4v) is 3.67.